The number of phosphoric acid groups is 2. The van der Waals surface area contributed by atoms with Crippen molar-refractivity contribution in [1.82, 2.24) is 21.3 Å². The molecular weight excluding hydrogens is 786 g/mol. The van der Waals surface area contributed by atoms with Crippen LogP contribution in [-0.2, 0) is 65.5 Å². The maximum atomic E-state index is 12.4. The maximum Gasteiger partial charge on any atom is 0.472 e. The van der Waals surface area contributed by atoms with Crippen LogP contribution in [0.3, 0.4) is 0 Å². The van der Waals surface area contributed by atoms with Crippen molar-refractivity contribution in [2.45, 2.75) is 92.2 Å². The van der Waals surface area contributed by atoms with E-state index in [0.29, 0.717) is 25.7 Å². The predicted octanol–water partition coefficient (Wildman–Crippen LogP) is 1.52. The number of Topliss-reactive ketones (excluding diaryl/α,β-unsaturated/α-hetero) is 4. The fourth-order valence-electron chi connectivity index (χ4n) is 4.63. The Morgan fingerprint density at radius 3 is 1.21 bits per heavy atom. The number of amides is 4. The Kier molecular flexibility index (Phi) is 27.7. The van der Waals surface area contributed by atoms with Gasteiger partial charge in [0.05, 0.1) is 64.6 Å². The van der Waals surface area contributed by atoms with Crippen LogP contribution < -0.4 is 21.3 Å². The molecule has 21 nitrogen and oxygen atoms in total. The first kappa shape index (κ1) is 53.0. The Morgan fingerprint density at radius 1 is 0.536 bits per heavy atom. The van der Waals surface area contributed by atoms with Gasteiger partial charge < -0.3 is 50.1 Å². The van der Waals surface area contributed by atoms with Crippen molar-refractivity contribution in [1.29, 1.82) is 0 Å². The van der Waals surface area contributed by atoms with Gasteiger partial charge in [0.15, 0.2) is 0 Å². The van der Waals surface area contributed by atoms with Gasteiger partial charge in [-0.05, 0) is 52.4 Å². The number of urea groups is 1. The number of carbonyl (C=O) groups excluding carboxylic acids is 7. The van der Waals surface area contributed by atoms with E-state index in [4.69, 9.17) is 27.6 Å². The number of hydrogen-bond acceptors (Lipinski definition) is 15. The standard InChI is InChI=1S/C33H60N4O17P2/c1-23(15-25(3)38)7-11-49-19-29(36-31(42)17-27(5)40)21-53-55(45,46)51-13-9-34-33(44)35-10-14-52-56(47,48)54-22-30(37-32(43)18-28(6)41)20-50-12-8-24(2)16-26(4)39/h23-24,29-30H,7-22H2,1-6H3,(H,36,42)(H,37,43)(H,45,46)(H,47,48)(H2,34,35,44). The molecule has 56 heavy (non-hydrogen) atoms. The third kappa shape index (κ3) is 32.2. The van der Waals surface area contributed by atoms with Gasteiger partial charge in [-0.15, -0.1) is 0 Å². The van der Waals surface area contributed by atoms with E-state index in [1.54, 1.807) is 0 Å². The molecule has 6 atom stereocenters. The minimum atomic E-state index is -4.67. The normalized spacial score (nSPS) is 15.6. The fourth-order valence-corrected chi connectivity index (χ4v) is 6.16. The second-order valence-electron chi connectivity index (χ2n) is 13.4. The van der Waals surface area contributed by atoms with Gasteiger partial charge in [0.1, 0.15) is 23.1 Å². The molecule has 0 radical (unpaired) electrons. The van der Waals surface area contributed by atoms with Gasteiger partial charge in [-0.3, -0.25) is 37.3 Å². The summed E-state index contributed by atoms with van der Waals surface area (Å²) in [7, 11) is -9.34. The second kappa shape index (κ2) is 29.3. The number of carbonyl (C=O) groups is 7. The molecule has 0 aliphatic heterocycles. The van der Waals surface area contributed by atoms with Crippen LogP contribution >= 0.6 is 15.6 Å². The Bertz CT molecular complexity index is 1270. The molecule has 0 bridgehead atoms. The maximum absolute atomic E-state index is 12.4. The van der Waals surface area contributed by atoms with Crippen molar-refractivity contribution >= 4 is 56.6 Å². The van der Waals surface area contributed by atoms with Gasteiger partial charge in [-0.2, -0.15) is 0 Å². The second-order valence-corrected chi connectivity index (χ2v) is 16.3. The lowest BCUT2D eigenvalue weighted by Gasteiger charge is -2.21. The molecule has 0 aromatic rings. The summed E-state index contributed by atoms with van der Waals surface area (Å²) in [5.41, 5.74) is 0. The molecule has 0 aliphatic carbocycles. The topological polar surface area (TPSA) is 298 Å². The number of ether oxygens (including phenoxy) is 2. The minimum Gasteiger partial charge on any atom is -0.379 e. The summed E-state index contributed by atoms with van der Waals surface area (Å²) in [6.45, 7) is 6.88. The smallest absolute Gasteiger partial charge is 0.379 e. The molecule has 0 aromatic carbocycles. The average molecular weight is 847 g/mol. The quantitative estimate of drug-likeness (QED) is 0.0304. The number of hydrogen-bond donors (Lipinski definition) is 6. The van der Waals surface area contributed by atoms with Crippen molar-refractivity contribution in [2.24, 2.45) is 11.8 Å². The van der Waals surface area contributed by atoms with E-state index < -0.39 is 96.4 Å². The van der Waals surface area contributed by atoms with Crippen molar-refractivity contribution in [3.8, 4) is 0 Å². The first-order valence-electron chi connectivity index (χ1n) is 18.1. The third-order valence-corrected chi connectivity index (χ3v) is 9.10. The van der Waals surface area contributed by atoms with Crippen LogP contribution in [0.1, 0.15) is 80.1 Å². The summed E-state index contributed by atoms with van der Waals surface area (Å²) < 4.78 is 55.4. The third-order valence-electron chi connectivity index (χ3n) is 7.13. The molecular formula is C33H60N4O17P2. The molecule has 0 saturated heterocycles. The van der Waals surface area contributed by atoms with Crippen molar-refractivity contribution < 1.29 is 80.0 Å². The van der Waals surface area contributed by atoms with Gasteiger partial charge in [0.2, 0.25) is 11.8 Å². The van der Waals surface area contributed by atoms with E-state index in [-0.39, 0.29) is 62.9 Å². The molecule has 0 saturated carbocycles. The number of phosphoric ester groups is 2. The van der Waals surface area contributed by atoms with Crippen LogP contribution in [0.4, 0.5) is 4.79 Å². The van der Waals surface area contributed by atoms with Crippen LogP contribution in [0.15, 0.2) is 0 Å². The molecule has 0 fully saturated rings. The van der Waals surface area contributed by atoms with Crippen LogP contribution in [0.2, 0.25) is 0 Å². The highest BCUT2D eigenvalue weighted by molar-refractivity contribution is 7.47. The Balaban J connectivity index is 4.66. The zero-order valence-electron chi connectivity index (χ0n) is 33.0. The van der Waals surface area contributed by atoms with E-state index in [1.807, 2.05) is 13.8 Å². The lowest BCUT2D eigenvalue weighted by Crippen LogP contribution is -2.42. The number of rotatable bonds is 34. The summed E-state index contributed by atoms with van der Waals surface area (Å²) in [6, 6.07) is -2.62. The summed E-state index contributed by atoms with van der Waals surface area (Å²) in [4.78, 5) is 101. The lowest BCUT2D eigenvalue weighted by atomic mass is 10.0. The average Bonchev–Trinajstić information content (AvgIpc) is 3.05. The molecule has 324 valence electrons. The van der Waals surface area contributed by atoms with E-state index in [0.717, 1.165) is 0 Å². The molecule has 0 rings (SSSR count). The molecule has 23 heteroatoms. The lowest BCUT2D eigenvalue weighted by molar-refractivity contribution is -0.129. The molecule has 6 unspecified atom stereocenters. The van der Waals surface area contributed by atoms with Crippen molar-refractivity contribution in [2.75, 3.05) is 65.9 Å². The van der Waals surface area contributed by atoms with Crippen LogP contribution in [0, 0.1) is 11.8 Å². The van der Waals surface area contributed by atoms with Crippen LogP contribution in [0.5, 0.6) is 0 Å². The van der Waals surface area contributed by atoms with Crippen molar-refractivity contribution in [3.05, 3.63) is 0 Å². The van der Waals surface area contributed by atoms with Gasteiger partial charge in [0.25, 0.3) is 0 Å². The molecule has 0 heterocycles. The summed E-state index contributed by atoms with van der Waals surface area (Å²) in [5.74, 6) is -1.88. The predicted molar refractivity (Wildman–Crippen MR) is 199 cm³/mol. The Morgan fingerprint density at radius 2 is 0.893 bits per heavy atom. The first-order valence-corrected chi connectivity index (χ1v) is 21.1. The first-order chi connectivity index (χ1) is 26.1. The Labute approximate surface area is 327 Å². The van der Waals surface area contributed by atoms with Gasteiger partial charge >= 0.3 is 21.7 Å². The SMILES string of the molecule is CC(=O)CC(=O)NC(COCCC(C)CC(C)=O)COP(=O)(O)OCCNC(=O)NCCOP(=O)(O)OCC(COCCC(C)CC(C)=O)NC(=O)CC(C)=O. The molecule has 0 aromatic heterocycles. The summed E-state index contributed by atoms with van der Waals surface area (Å²) in [5, 5.41) is 9.63. The zero-order valence-corrected chi connectivity index (χ0v) is 34.8. The van der Waals surface area contributed by atoms with Crippen LogP contribution in [-0.4, -0.2) is 129 Å². The summed E-state index contributed by atoms with van der Waals surface area (Å²) in [6.07, 6.45) is 1.03. The van der Waals surface area contributed by atoms with Gasteiger partial charge in [0, 0.05) is 39.1 Å². The largest absolute Gasteiger partial charge is 0.472 e. The highest BCUT2D eigenvalue weighted by atomic mass is 31.2. The molecule has 0 spiro atoms. The number of ketones is 4. The summed E-state index contributed by atoms with van der Waals surface area (Å²) >= 11 is 0. The fraction of sp³-hybridized carbons (Fsp3) is 0.788. The van der Waals surface area contributed by atoms with E-state index in [2.05, 4.69) is 21.3 Å². The number of nitrogens with one attached hydrogen (secondary N) is 4. The monoisotopic (exact) mass is 846 g/mol. The van der Waals surface area contributed by atoms with E-state index in [1.165, 1.54) is 27.7 Å². The van der Waals surface area contributed by atoms with Crippen LogP contribution in [0.25, 0.3) is 0 Å². The zero-order chi connectivity index (χ0) is 42.7. The highest BCUT2D eigenvalue weighted by Gasteiger charge is 2.26. The van der Waals surface area contributed by atoms with E-state index >= 15 is 0 Å². The minimum absolute atomic E-state index is 0.0369. The Hall–Kier alpha value is -2.97. The van der Waals surface area contributed by atoms with Gasteiger partial charge in [-0.25, -0.2) is 13.9 Å². The van der Waals surface area contributed by atoms with E-state index in [9.17, 15) is 52.5 Å². The molecule has 4 amide bonds. The van der Waals surface area contributed by atoms with Crippen molar-refractivity contribution in [3.63, 3.8) is 0 Å². The molecule has 0 aliphatic rings. The molecule has 6 N–H and O–H groups in total. The highest BCUT2D eigenvalue weighted by Crippen LogP contribution is 2.43. The van der Waals surface area contributed by atoms with Gasteiger partial charge in [-0.1, -0.05) is 13.8 Å².